The van der Waals surface area contributed by atoms with Crippen LogP contribution < -0.4 is 0 Å². The van der Waals surface area contributed by atoms with Gasteiger partial charge in [0.05, 0.1) is 18.1 Å². The maximum Gasteiger partial charge on any atom is 0.420 e. The van der Waals surface area contributed by atoms with Gasteiger partial charge in [0.15, 0.2) is 0 Å². The van der Waals surface area contributed by atoms with Crippen molar-refractivity contribution in [3.63, 3.8) is 0 Å². The molecule has 0 atom stereocenters. The number of carbonyl (C=O) groups excluding carboxylic acids is 1. The first-order chi connectivity index (χ1) is 8.11. The number of fused-ring (bicyclic) bond motifs is 1. The third-order valence-electron chi connectivity index (χ3n) is 2.26. The summed E-state index contributed by atoms with van der Waals surface area (Å²) < 4.78 is 6.31. The molecule has 1 amide bonds. The van der Waals surface area contributed by atoms with Crippen LogP contribution in [0.1, 0.15) is 12.5 Å². The lowest BCUT2D eigenvalue weighted by atomic mass is 10.2. The van der Waals surface area contributed by atoms with Gasteiger partial charge in [-0.3, -0.25) is 10.1 Å². The minimum Gasteiger partial charge on any atom is -0.449 e. The van der Waals surface area contributed by atoms with E-state index in [2.05, 4.69) is 0 Å². The maximum atomic E-state index is 11.5. The number of ether oxygens (including phenoxy) is 1. The van der Waals surface area contributed by atoms with Gasteiger partial charge in [-0.1, -0.05) is 0 Å². The lowest BCUT2D eigenvalue weighted by Crippen LogP contribution is -2.21. The van der Waals surface area contributed by atoms with Crippen LogP contribution in [0.25, 0.3) is 0 Å². The van der Waals surface area contributed by atoms with Gasteiger partial charge in [0, 0.05) is 17.0 Å². The molecule has 0 fully saturated rings. The zero-order chi connectivity index (χ0) is 12.4. The Kier molecular flexibility index (Phi) is 3.19. The van der Waals surface area contributed by atoms with E-state index in [1.54, 1.807) is 13.0 Å². The fraction of sp³-hybridized carbons (Fsp3) is 0.300. The van der Waals surface area contributed by atoms with Crippen LogP contribution in [0.2, 0.25) is 0 Å². The van der Waals surface area contributed by atoms with Gasteiger partial charge in [-0.05, 0) is 30.5 Å². The highest BCUT2D eigenvalue weighted by Crippen LogP contribution is 2.38. The molecular weight excluding hydrogens is 244 g/mol. The first kappa shape index (κ1) is 11.7. The summed E-state index contributed by atoms with van der Waals surface area (Å²) in [7, 11) is 0. The van der Waals surface area contributed by atoms with E-state index in [9.17, 15) is 14.9 Å². The Balaban J connectivity index is 2.16. The normalized spacial score (nSPS) is 13.4. The second-order valence-corrected chi connectivity index (χ2v) is 4.44. The number of amides is 1. The summed E-state index contributed by atoms with van der Waals surface area (Å²) in [6.07, 6.45) is -0.420. The molecule has 1 aliphatic rings. The van der Waals surface area contributed by atoms with Gasteiger partial charge < -0.3 is 4.74 Å². The second kappa shape index (κ2) is 4.62. The molecule has 0 aromatic heterocycles. The van der Waals surface area contributed by atoms with Crippen molar-refractivity contribution < 1.29 is 14.5 Å². The monoisotopic (exact) mass is 254 g/mol. The largest absolute Gasteiger partial charge is 0.449 e. The summed E-state index contributed by atoms with van der Waals surface area (Å²) in [4.78, 5) is 22.4. The average molecular weight is 254 g/mol. The number of rotatable bonds is 2. The molecule has 2 rings (SSSR count). The quantitative estimate of drug-likeness (QED) is 0.460. The van der Waals surface area contributed by atoms with Gasteiger partial charge in [0.25, 0.3) is 5.69 Å². The highest BCUT2D eigenvalue weighted by molar-refractivity contribution is 7.97. The van der Waals surface area contributed by atoms with Gasteiger partial charge in [0.2, 0.25) is 0 Å². The summed E-state index contributed by atoms with van der Waals surface area (Å²) in [5, 5.41) is 10.6. The van der Waals surface area contributed by atoms with E-state index >= 15 is 0 Å². The van der Waals surface area contributed by atoms with Crippen molar-refractivity contribution in [2.45, 2.75) is 18.4 Å². The summed E-state index contributed by atoms with van der Waals surface area (Å²) >= 11 is 1.17. The number of carbonyl (C=O) groups is 1. The number of hydrogen-bond donors (Lipinski definition) is 0. The van der Waals surface area contributed by atoms with Crippen LogP contribution in [-0.4, -0.2) is 21.9 Å². The molecule has 0 bridgehead atoms. The van der Waals surface area contributed by atoms with Crippen molar-refractivity contribution >= 4 is 23.7 Å². The molecule has 17 heavy (non-hydrogen) atoms. The predicted octanol–water partition coefficient (Wildman–Crippen LogP) is 2.57. The standard InChI is InChI=1S/C10H10N2O4S/c1-2-16-10(13)11-6-7-3-4-8(12(14)15)5-9(7)17-11/h3-5H,2,6H2,1H3. The molecule has 0 N–H and O–H groups in total. The Morgan fingerprint density at radius 2 is 2.41 bits per heavy atom. The Hall–Kier alpha value is -1.76. The maximum absolute atomic E-state index is 11.5. The van der Waals surface area contributed by atoms with Crippen molar-refractivity contribution in [3.8, 4) is 0 Å². The third kappa shape index (κ3) is 2.33. The van der Waals surface area contributed by atoms with E-state index < -0.39 is 11.0 Å². The van der Waals surface area contributed by atoms with Crippen molar-refractivity contribution in [1.29, 1.82) is 0 Å². The third-order valence-corrected chi connectivity index (χ3v) is 3.33. The van der Waals surface area contributed by atoms with Gasteiger partial charge >= 0.3 is 6.09 Å². The molecule has 0 saturated heterocycles. The summed E-state index contributed by atoms with van der Waals surface area (Å²) in [6.45, 7) is 2.46. The predicted molar refractivity (Wildman–Crippen MR) is 61.5 cm³/mol. The molecule has 7 heteroatoms. The minimum absolute atomic E-state index is 0.0296. The van der Waals surface area contributed by atoms with Crippen molar-refractivity contribution in [3.05, 3.63) is 33.9 Å². The van der Waals surface area contributed by atoms with E-state index in [0.717, 1.165) is 10.5 Å². The molecular formula is C10H10N2O4S. The van der Waals surface area contributed by atoms with Gasteiger partial charge in [-0.2, -0.15) is 0 Å². The lowest BCUT2D eigenvalue weighted by Gasteiger charge is -2.12. The van der Waals surface area contributed by atoms with Crippen LogP contribution in [0.15, 0.2) is 23.1 Å². The Labute approximate surface area is 102 Å². The molecule has 0 radical (unpaired) electrons. The second-order valence-electron chi connectivity index (χ2n) is 3.38. The van der Waals surface area contributed by atoms with Gasteiger partial charge in [0.1, 0.15) is 0 Å². The Morgan fingerprint density at radius 3 is 3.06 bits per heavy atom. The van der Waals surface area contributed by atoms with E-state index in [1.807, 2.05) is 0 Å². The average Bonchev–Trinajstić information content (AvgIpc) is 2.71. The minimum atomic E-state index is -0.451. The molecule has 1 aliphatic heterocycles. The van der Waals surface area contributed by atoms with Gasteiger partial charge in [-0.25, -0.2) is 9.10 Å². The first-order valence-corrected chi connectivity index (χ1v) is 5.78. The molecule has 1 aromatic carbocycles. The first-order valence-electron chi connectivity index (χ1n) is 5.01. The summed E-state index contributed by atoms with van der Waals surface area (Å²) in [5.74, 6) is 0. The topological polar surface area (TPSA) is 72.7 Å². The van der Waals surface area contributed by atoms with Crippen LogP contribution in [0.4, 0.5) is 10.5 Å². The lowest BCUT2D eigenvalue weighted by molar-refractivity contribution is -0.385. The van der Waals surface area contributed by atoms with Crippen molar-refractivity contribution in [2.24, 2.45) is 0 Å². The summed E-state index contributed by atoms with van der Waals surface area (Å²) in [6, 6.07) is 4.58. The highest BCUT2D eigenvalue weighted by atomic mass is 32.2. The molecule has 0 unspecified atom stereocenters. The van der Waals surface area contributed by atoms with E-state index in [-0.39, 0.29) is 5.69 Å². The van der Waals surface area contributed by atoms with Crippen LogP contribution >= 0.6 is 11.9 Å². The zero-order valence-electron chi connectivity index (χ0n) is 9.08. The molecule has 0 spiro atoms. The fourth-order valence-electron chi connectivity index (χ4n) is 1.48. The highest BCUT2D eigenvalue weighted by Gasteiger charge is 2.27. The molecule has 6 nitrogen and oxygen atoms in total. The zero-order valence-corrected chi connectivity index (χ0v) is 9.90. The molecule has 1 heterocycles. The molecule has 90 valence electrons. The van der Waals surface area contributed by atoms with E-state index in [1.165, 1.54) is 28.4 Å². The SMILES string of the molecule is CCOC(=O)N1Cc2ccc([N+](=O)[O-])cc2S1. The van der Waals surface area contributed by atoms with E-state index in [0.29, 0.717) is 13.2 Å². The van der Waals surface area contributed by atoms with Crippen molar-refractivity contribution in [2.75, 3.05) is 6.61 Å². The number of nitro groups is 1. The number of non-ortho nitro benzene ring substituents is 1. The number of nitrogens with zero attached hydrogens (tertiary/aromatic N) is 2. The number of benzene rings is 1. The van der Waals surface area contributed by atoms with Crippen LogP contribution in [0.3, 0.4) is 0 Å². The number of hydrogen-bond acceptors (Lipinski definition) is 5. The molecule has 0 saturated carbocycles. The Bertz CT molecular complexity index is 477. The molecule has 0 aliphatic carbocycles. The van der Waals surface area contributed by atoms with Crippen LogP contribution in [0, 0.1) is 10.1 Å². The smallest absolute Gasteiger partial charge is 0.420 e. The fourth-order valence-corrected chi connectivity index (χ4v) is 2.47. The van der Waals surface area contributed by atoms with Crippen molar-refractivity contribution in [1.82, 2.24) is 4.31 Å². The van der Waals surface area contributed by atoms with E-state index in [4.69, 9.17) is 4.74 Å². The van der Waals surface area contributed by atoms with Crippen LogP contribution in [0.5, 0.6) is 0 Å². The molecule has 1 aromatic rings. The van der Waals surface area contributed by atoms with Gasteiger partial charge in [-0.15, -0.1) is 0 Å². The Morgan fingerprint density at radius 1 is 1.65 bits per heavy atom. The number of nitro benzene ring substituents is 1. The van der Waals surface area contributed by atoms with Crippen LogP contribution in [-0.2, 0) is 11.3 Å². The summed E-state index contributed by atoms with van der Waals surface area (Å²) in [5.41, 5.74) is 0.926.